The summed E-state index contributed by atoms with van der Waals surface area (Å²) in [6.45, 7) is 4.98. The number of benzene rings is 1. The number of carbonyl (C=O) groups is 1. The third kappa shape index (κ3) is 3.97. The highest BCUT2D eigenvalue weighted by Crippen LogP contribution is 2.21. The maximum atomic E-state index is 11.2. The summed E-state index contributed by atoms with van der Waals surface area (Å²) in [6, 6.07) is 10.6. The van der Waals surface area contributed by atoms with Crippen LogP contribution in [0.3, 0.4) is 0 Å². The van der Waals surface area contributed by atoms with E-state index in [9.17, 15) is 4.79 Å². The SMILES string of the molecule is CC(=O)CC1CCCN(Cc2ccccc2)C1. The molecule has 1 aliphatic heterocycles. The Balaban J connectivity index is 1.87. The van der Waals surface area contributed by atoms with Crippen LogP contribution in [0.4, 0.5) is 0 Å². The summed E-state index contributed by atoms with van der Waals surface area (Å²) >= 11 is 0. The number of rotatable bonds is 4. The van der Waals surface area contributed by atoms with Gasteiger partial charge in [-0.25, -0.2) is 0 Å². The molecule has 1 aromatic rings. The maximum Gasteiger partial charge on any atom is 0.130 e. The van der Waals surface area contributed by atoms with Gasteiger partial charge in [0.2, 0.25) is 0 Å². The Morgan fingerprint density at radius 3 is 2.82 bits per heavy atom. The van der Waals surface area contributed by atoms with Crippen LogP contribution >= 0.6 is 0 Å². The molecule has 1 unspecified atom stereocenters. The predicted molar refractivity (Wildman–Crippen MR) is 69.7 cm³/mol. The molecule has 0 bridgehead atoms. The molecule has 0 spiro atoms. The fraction of sp³-hybridized carbons (Fsp3) is 0.533. The van der Waals surface area contributed by atoms with Crippen molar-refractivity contribution in [3.05, 3.63) is 35.9 Å². The second-order valence-electron chi connectivity index (χ2n) is 5.14. The molecule has 0 aliphatic carbocycles. The van der Waals surface area contributed by atoms with Crippen LogP contribution in [-0.4, -0.2) is 23.8 Å². The van der Waals surface area contributed by atoms with Crippen molar-refractivity contribution in [3.63, 3.8) is 0 Å². The van der Waals surface area contributed by atoms with Crippen LogP contribution in [0, 0.1) is 5.92 Å². The van der Waals surface area contributed by atoms with E-state index in [0.717, 1.165) is 19.5 Å². The summed E-state index contributed by atoms with van der Waals surface area (Å²) in [7, 11) is 0. The van der Waals surface area contributed by atoms with Gasteiger partial charge in [-0.2, -0.15) is 0 Å². The standard InChI is InChI=1S/C15H21NO/c1-13(17)10-15-8-5-9-16(12-15)11-14-6-3-2-4-7-14/h2-4,6-7,15H,5,8-12H2,1H3. The smallest absolute Gasteiger partial charge is 0.130 e. The average molecular weight is 231 g/mol. The first-order valence-electron chi connectivity index (χ1n) is 6.50. The second kappa shape index (κ2) is 5.97. The lowest BCUT2D eigenvalue weighted by atomic mass is 9.93. The van der Waals surface area contributed by atoms with Crippen LogP contribution in [0.2, 0.25) is 0 Å². The van der Waals surface area contributed by atoms with E-state index < -0.39 is 0 Å². The Morgan fingerprint density at radius 1 is 1.35 bits per heavy atom. The molecule has 1 aliphatic rings. The highest BCUT2D eigenvalue weighted by molar-refractivity contribution is 5.75. The monoisotopic (exact) mass is 231 g/mol. The van der Waals surface area contributed by atoms with Crippen molar-refractivity contribution in [1.82, 2.24) is 4.90 Å². The Kier molecular flexibility index (Phi) is 4.32. The molecule has 1 fully saturated rings. The van der Waals surface area contributed by atoms with Gasteiger partial charge in [0.05, 0.1) is 0 Å². The van der Waals surface area contributed by atoms with E-state index in [1.54, 1.807) is 6.92 Å². The van der Waals surface area contributed by atoms with Crippen LogP contribution < -0.4 is 0 Å². The molecule has 2 nitrogen and oxygen atoms in total. The van der Waals surface area contributed by atoms with Crippen molar-refractivity contribution in [2.45, 2.75) is 32.7 Å². The Hall–Kier alpha value is -1.15. The molecule has 1 atom stereocenters. The molecule has 2 rings (SSSR count). The summed E-state index contributed by atoms with van der Waals surface area (Å²) in [5.74, 6) is 0.904. The lowest BCUT2D eigenvalue weighted by molar-refractivity contribution is -0.118. The number of ketones is 1. The summed E-state index contributed by atoms with van der Waals surface area (Å²) in [5.41, 5.74) is 1.37. The normalized spacial score (nSPS) is 21.4. The van der Waals surface area contributed by atoms with Crippen LogP contribution in [0.5, 0.6) is 0 Å². The minimum atomic E-state index is 0.330. The number of hydrogen-bond acceptors (Lipinski definition) is 2. The molecule has 1 aromatic carbocycles. The van der Waals surface area contributed by atoms with Gasteiger partial charge < -0.3 is 4.79 Å². The van der Waals surface area contributed by atoms with Crippen LogP contribution in [0.25, 0.3) is 0 Å². The van der Waals surface area contributed by atoms with Crippen molar-refractivity contribution in [2.24, 2.45) is 5.92 Å². The van der Waals surface area contributed by atoms with Gasteiger partial charge in [-0.05, 0) is 37.8 Å². The Morgan fingerprint density at radius 2 is 2.12 bits per heavy atom. The third-order valence-electron chi connectivity index (χ3n) is 3.43. The van der Waals surface area contributed by atoms with Crippen molar-refractivity contribution >= 4 is 5.78 Å². The first-order chi connectivity index (χ1) is 8.24. The Labute approximate surface area is 104 Å². The van der Waals surface area contributed by atoms with Crippen molar-refractivity contribution in [2.75, 3.05) is 13.1 Å². The lowest BCUT2D eigenvalue weighted by Gasteiger charge is -2.32. The van der Waals surface area contributed by atoms with Gasteiger partial charge in [-0.15, -0.1) is 0 Å². The minimum Gasteiger partial charge on any atom is -0.300 e. The second-order valence-corrected chi connectivity index (χ2v) is 5.14. The first-order valence-corrected chi connectivity index (χ1v) is 6.50. The van der Waals surface area contributed by atoms with Gasteiger partial charge in [0, 0.05) is 19.5 Å². The van der Waals surface area contributed by atoms with E-state index in [0.29, 0.717) is 11.7 Å². The molecule has 0 amide bonds. The highest BCUT2D eigenvalue weighted by atomic mass is 16.1. The fourth-order valence-corrected chi connectivity index (χ4v) is 2.71. The molecular formula is C15H21NO. The van der Waals surface area contributed by atoms with E-state index in [-0.39, 0.29) is 0 Å². The van der Waals surface area contributed by atoms with Gasteiger partial charge in [-0.3, -0.25) is 4.90 Å². The maximum absolute atomic E-state index is 11.2. The zero-order valence-electron chi connectivity index (χ0n) is 10.6. The number of Topliss-reactive ketones (excluding diaryl/α,β-unsaturated/α-hetero) is 1. The third-order valence-corrected chi connectivity index (χ3v) is 3.43. The summed E-state index contributed by atoms with van der Waals surface area (Å²) < 4.78 is 0. The van der Waals surface area contributed by atoms with Gasteiger partial charge in [0.15, 0.2) is 0 Å². The number of likely N-dealkylation sites (tertiary alicyclic amines) is 1. The first kappa shape index (κ1) is 12.3. The van der Waals surface area contributed by atoms with Crippen molar-refractivity contribution < 1.29 is 4.79 Å². The zero-order valence-corrected chi connectivity index (χ0v) is 10.6. The van der Waals surface area contributed by atoms with Gasteiger partial charge in [0.1, 0.15) is 5.78 Å². The molecular weight excluding hydrogens is 210 g/mol. The van der Waals surface area contributed by atoms with E-state index >= 15 is 0 Å². The molecule has 0 N–H and O–H groups in total. The van der Waals surface area contributed by atoms with Crippen molar-refractivity contribution in [1.29, 1.82) is 0 Å². The fourth-order valence-electron chi connectivity index (χ4n) is 2.71. The van der Waals surface area contributed by atoms with Gasteiger partial charge in [0.25, 0.3) is 0 Å². The minimum absolute atomic E-state index is 0.330. The van der Waals surface area contributed by atoms with Crippen molar-refractivity contribution in [3.8, 4) is 0 Å². The zero-order chi connectivity index (χ0) is 12.1. The molecule has 1 heterocycles. The quantitative estimate of drug-likeness (QED) is 0.794. The van der Waals surface area contributed by atoms with E-state index in [4.69, 9.17) is 0 Å². The number of carbonyl (C=O) groups excluding carboxylic acids is 1. The summed E-state index contributed by atoms with van der Waals surface area (Å²) in [4.78, 5) is 13.6. The van der Waals surface area contributed by atoms with Gasteiger partial charge in [-0.1, -0.05) is 30.3 Å². The number of piperidine rings is 1. The lowest BCUT2D eigenvalue weighted by Crippen LogP contribution is -2.35. The topological polar surface area (TPSA) is 20.3 Å². The molecule has 0 radical (unpaired) electrons. The summed E-state index contributed by atoms with van der Waals surface area (Å²) in [6.07, 6.45) is 3.20. The molecule has 1 saturated heterocycles. The van der Waals surface area contributed by atoms with Crippen LogP contribution in [-0.2, 0) is 11.3 Å². The number of nitrogens with zero attached hydrogens (tertiary/aromatic N) is 1. The number of hydrogen-bond donors (Lipinski definition) is 0. The van der Waals surface area contributed by atoms with Crippen LogP contribution in [0.15, 0.2) is 30.3 Å². The molecule has 0 saturated carbocycles. The summed E-state index contributed by atoms with van der Waals surface area (Å²) in [5, 5.41) is 0. The average Bonchev–Trinajstić information content (AvgIpc) is 2.30. The van der Waals surface area contributed by atoms with E-state index in [2.05, 4.69) is 35.2 Å². The molecule has 92 valence electrons. The largest absolute Gasteiger partial charge is 0.300 e. The van der Waals surface area contributed by atoms with Crippen LogP contribution in [0.1, 0.15) is 31.7 Å². The van der Waals surface area contributed by atoms with Gasteiger partial charge >= 0.3 is 0 Å². The van der Waals surface area contributed by atoms with E-state index in [1.165, 1.54) is 24.9 Å². The molecule has 0 aromatic heterocycles. The highest BCUT2D eigenvalue weighted by Gasteiger charge is 2.20. The Bertz CT molecular complexity index is 360. The van der Waals surface area contributed by atoms with E-state index in [1.807, 2.05) is 0 Å². The molecule has 17 heavy (non-hydrogen) atoms. The predicted octanol–water partition coefficient (Wildman–Crippen LogP) is 2.88. The molecule has 2 heteroatoms.